The molecule has 3 heteroatoms. The van der Waals surface area contributed by atoms with E-state index in [0.29, 0.717) is 0 Å². The van der Waals surface area contributed by atoms with Gasteiger partial charge in [-0.3, -0.25) is 4.40 Å². The Kier molecular flexibility index (Phi) is 4.44. The molecule has 0 saturated heterocycles. The molecule has 0 aliphatic carbocycles. The average Bonchev–Trinajstić information content (AvgIpc) is 2.96. The number of hydrogen-bond acceptors (Lipinski definition) is 2. The number of aryl methyl sites for hydroxylation is 4. The van der Waals surface area contributed by atoms with E-state index in [2.05, 4.69) is 98.1 Å². The van der Waals surface area contributed by atoms with Crippen LogP contribution in [-0.4, -0.2) is 9.38 Å². The Labute approximate surface area is 160 Å². The summed E-state index contributed by atoms with van der Waals surface area (Å²) < 4.78 is 2.23. The van der Waals surface area contributed by atoms with Crippen LogP contribution in [0.2, 0.25) is 0 Å². The van der Waals surface area contributed by atoms with Crippen molar-refractivity contribution in [1.82, 2.24) is 9.38 Å². The molecule has 4 rings (SSSR count). The molecule has 136 valence electrons. The summed E-state index contributed by atoms with van der Waals surface area (Å²) in [7, 11) is 0. The van der Waals surface area contributed by atoms with Gasteiger partial charge in [0.2, 0.25) is 0 Å². The quantitative estimate of drug-likeness (QED) is 0.493. The molecule has 0 atom stereocenters. The van der Waals surface area contributed by atoms with Gasteiger partial charge in [0.25, 0.3) is 0 Å². The van der Waals surface area contributed by atoms with Gasteiger partial charge in [-0.1, -0.05) is 48.5 Å². The van der Waals surface area contributed by atoms with Crippen LogP contribution >= 0.6 is 0 Å². The summed E-state index contributed by atoms with van der Waals surface area (Å²) in [5, 5.41) is 3.71. The van der Waals surface area contributed by atoms with Crippen LogP contribution in [-0.2, 0) is 6.42 Å². The topological polar surface area (TPSA) is 29.3 Å². The van der Waals surface area contributed by atoms with Gasteiger partial charge in [-0.25, -0.2) is 4.98 Å². The van der Waals surface area contributed by atoms with Crippen LogP contribution in [0.15, 0.2) is 60.7 Å². The van der Waals surface area contributed by atoms with Gasteiger partial charge in [0.05, 0.1) is 5.69 Å². The second kappa shape index (κ2) is 6.92. The van der Waals surface area contributed by atoms with Crippen molar-refractivity contribution in [3.05, 3.63) is 94.3 Å². The van der Waals surface area contributed by atoms with E-state index < -0.39 is 0 Å². The van der Waals surface area contributed by atoms with Gasteiger partial charge in [0.1, 0.15) is 11.5 Å². The third-order valence-electron chi connectivity index (χ3n) is 5.06. The van der Waals surface area contributed by atoms with Crippen LogP contribution < -0.4 is 5.32 Å². The van der Waals surface area contributed by atoms with Gasteiger partial charge < -0.3 is 5.32 Å². The molecule has 0 amide bonds. The van der Waals surface area contributed by atoms with Gasteiger partial charge in [-0.15, -0.1) is 0 Å². The van der Waals surface area contributed by atoms with E-state index in [1.807, 2.05) is 0 Å². The molecule has 27 heavy (non-hydrogen) atoms. The van der Waals surface area contributed by atoms with Crippen LogP contribution in [0.25, 0.3) is 5.65 Å². The van der Waals surface area contributed by atoms with E-state index in [4.69, 9.17) is 4.98 Å². The summed E-state index contributed by atoms with van der Waals surface area (Å²) in [5.74, 6) is 1.06. The van der Waals surface area contributed by atoms with E-state index in [1.54, 1.807) is 0 Å². The Morgan fingerprint density at radius 2 is 1.56 bits per heavy atom. The summed E-state index contributed by atoms with van der Waals surface area (Å²) in [6.45, 7) is 8.56. The Bertz CT molecular complexity index is 1090. The fraction of sp³-hybridized carbons (Fsp3) is 0.208. The molecular weight excluding hydrogens is 330 g/mol. The zero-order valence-corrected chi connectivity index (χ0v) is 16.4. The largest absolute Gasteiger partial charge is 0.339 e. The van der Waals surface area contributed by atoms with E-state index in [9.17, 15) is 0 Å². The first-order valence-electron chi connectivity index (χ1n) is 9.38. The number of rotatable bonds is 4. The lowest BCUT2D eigenvalue weighted by Crippen LogP contribution is -2.04. The second-order valence-electron chi connectivity index (χ2n) is 7.33. The van der Waals surface area contributed by atoms with Gasteiger partial charge >= 0.3 is 0 Å². The number of hydrogen-bond donors (Lipinski definition) is 1. The van der Waals surface area contributed by atoms with Crippen molar-refractivity contribution in [1.29, 1.82) is 0 Å². The Morgan fingerprint density at radius 3 is 2.26 bits per heavy atom. The van der Waals surface area contributed by atoms with E-state index in [1.165, 1.54) is 27.9 Å². The molecule has 0 unspecified atom stereocenters. The normalized spacial score (nSPS) is 11.1. The number of benzene rings is 2. The van der Waals surface area contributed by atoms with E-state index in [-0.39, 0.29) is 0 Å². The van der Waals surface area contributed by atoms with Crippen molar-refractivity contribution in [2.75, 3.05) is 5.32 Å². The van der Waals surface area contributed by atoms with Gasteiger partial charge in [0, 0.05) is 17.8 Å². The Hall–Kier alpha value is -3.07. The average molecular weight is 355 g/mol. The lowest BCUT2D eigenvalue weighted by molar-refractivity contribution is 1.07. The van der Waals surface area contributed by atoms with Crippen LogP contribution in [0.1, 0.15) is 33.6 Å². The second-order valence-corrected chi connectivity index (χ2v) is 7.33. The van der Waals surface area contributed by atoms with E-state index >= 15 is 0 Å². The maximum Gasteiger partial charge on any atom is 0.139 e. The maximum absolute atomic E-state index is 4.99. The third kappa shape index (κ3) is 3.33. The number of nitrogens with zero attached hydrogens (tertiary/aromatic N) is 2. The molecule has 0 radical (unpaired) electrons. The summed E-state index contributed by atoms with van der Waals surface area (Å²) in [5.41, 5.74) is 9.37. The lowest BCUT2D eigenvalue weighted by atomic mass is 10.1. The molecule has 0 saturated carbocycles. The number of imidazole rings is 1. The molecule has 0 fully saturated rings. The molecule has 0 aliphatic rings. The minimum absolute atomic E-state index is 0.800. The highest BCUT2D eigenvalue weighted by Gasteiger charge is 2.16. The number of nitrogens with one attached hydrogen (secondary N) is 1. The SMILES string of the molecule is Cc1cc(C)n2c(Nc3c(C)cccc3C)c(Cc3ccccc3)nc2c1. The summed E-state index contributed by atoms with van der Waals surface area (Å²) >= 11 is 0. The summed E-state index contributed by atoms with van der Waals surface area (Å²) in [6.07, 6.45) is 0.800. The first-order chi connectivity index (χ1) is 13.0. The number of fused-ring (bicyclic) bond motifs is 1. The van der Waals surface area contributed by atoms with Crippen LogP contribution in [0.4, 0.5) is 11.5 Å². The molecule has 0 bridgehead atoms. The fourth-order valence-corrected chi connectivity index (χ4v) is 3.75. The summed E-state index contributed by atoms with van der Waals surface area (Å²) in [6, 6.07) is 21.3. The van der Waals surface area contributed by atoms with Crippen molar-refractivity contribution in [3.63, 3.8) is 0 Å². The molecule has 0 aliphatic heterocycles. The smallest absolute Gasteiger partial charge is 0.139 e. The van der Waals surface area contributed by atoms with Crippen molar-refractivity contribution in [2.24, 2.45) is 0 Å². The Balaban J connectivity index is 1.89. The van der Waals surface area contributed by atoms with Crippen LogP contribution in [0.5, 0.6) is 0 Å². The van der Waals surface area contributed by atoms with Gasteiger partial charge in [-0.05, 0) is 62.1 Å². The number of para-hydroxylation sites is 1. The predicted molar refractivity (Wildman–Crippen MR) is 113 cm³/mol. The summed E-state index contributed by atoms with van der Waals surface area (Å²) in [4.78, 5) is 4.99. The Morgan fingerprint density at radius 1 is 0.852 bits per heavy atom. The highest BCUT2D eigenvalue weighted by molar-refractivity contribution is 5.69. The first-order valence-corrected chi connectivity index (χ1v) is 9.38. The highest BCUT2D eigenvalue weighted by atomic mass is 15.1. The fourth-order valence-electron chi connectivity index (χ4n) is 3.75. The molecule has 0 spiro atoms. The molecule has 2 aromatic carbocycles. The zero-order valence-electron chi connectivity index (χ0n) is 16.4. The van der Waals surface area contributed by atoms with E-state index in [0.717, 1.165) is 29.3 Å². The van der Waals surface area contributed by atoms with Gasteiger partial charge in [0.15, 0.2) is 0 Å². The molecule has 1 N–H and O–H groups in total. The number of anilines is 2. The third-order valence-corrected chi connectivity index (χ3v) is 5.06. The van der Waals surface area contributed by atoms with Crippen molar-refractivity contribution < 1.29 is 0 Å². The molecule has 2 heterocycles. The monoisotopic (exact) mass is 355 g/mol. The molecule has 4 aromatic rings. The van der Waals surface area contributed by atoms with Crippen molar-refractivity contribution in [2.45, 2.75) is 34.1 Å². The zero-order chi connectivity index (χ0) is 19.0. The maximum atomic E-state index is 4.99. The first kappa shape index (κ1) is 17.3. The standard InChI is InChI=1S/C24H25N3/c1-16-13-19(4)27-22(14-16)25-21(15-20-11-6-5-7-12-20)24(27)26-23-17(2)9-8-10-18(23)3/h5-14,26H,15H2,1-4H3. The molecule has 3 nitrogen and oxygen atoms in total. The minimum Gasteiger partial charge on any atom is -0.339 e. The van der Waals surface area contributed by atoms with Crippen LogP contribution in [0.3, 0.4) is 0 Å². The van der Waals surface area contributed by atoms with Crippen molar-refractivity contribution >= 4 is 17.2 Å². The molecule has 2 aromatic heterocycles. The number of aromatic nitrogens is 2. The number of pyridine rings is 1. The lowest BCUT2D eigenvalue weighted by Gasteiger charge is -2.15. The van der Waals surface area contributed by atoms with Gasteiger partial charge in [-0.2, -0.15) is 0 Å². The minimum atomic E-state index is 0.800. The van der Waals surface area contributed by atoms with Crippen molar-refractivity contribution in [3.8, 4) is 0 Å². The molecular formula is C24H25N3. The van der Waals surface area contributed by atoms with Crippen LogP contribution in [0, 0.1) is 27.7 Å². The predicted octanol–water partition coefficient (Wildman–Crippen LogP) is 5.90. The highest BCUT2D eigenvalue weighted by Crippen LogP contribution is 2.30.